The second-order valence-electron chi connectivity index (χ2n) is 8.62. The Morgan fingerprint density at radius 2 is 1.78 bits per heavy atom. The Labute approximate surface area is 218 Å². The maximum absolute atomic E-state index is 14.2. The third-order valence-corrected chi connectivity index (χ3v) is 7.59. The molecule has 9 heteroatoms. The van der Waals surface area contributed by atoms with Gasteiger partial charge in [0, 0.05) is 61.4 Å². The number of amides is 1. The fourth-order valence-electron chi connectivity index (χ4n) is 3.47. The average Bonchev–Trinajstić information content (AvgIpc) is 2.67. The number of rotatable bonds is 4. The summed E-state index contributed by atoms with van der Waals surface area (Å²) in [5.74, 6) is 0. The summed E-state index contributed by atoms with van der Waals surface area (Å²) in [6.07, 6.45) is 1.48. The number of ether oxygens (including phenoxy) is 1. The van der Waals surface area contributed by atoms with Crippen LogP contribution in [0.25, 0.3) is 11.1 Å². The Balaban J connectivity index is 1.67. The number of hydrogen-bond donors (Lipinski definition) is 0. The van der Waals surface area contributed by atoms with Crippen LogP contribution in [0.2, 0.25) is 5.02 Å². The van der Waals surface area contributed by atoms with E-state index in [0.29, 0.717) is 33.9 Å². The van der Waals surface area contributed by atoms with Crippen molar-refractivity contribution in [3.63, 3.8) is 0 Å². The summed E-state index contributed by atoms with van der Waals surface area (Å²) >= 11 is 12.5. The topological polar surface area (TPSA) is 29.5 Å². The van der Waals surface area contributed by atoms with Gasteiger partial charge in [-0.2, -0.15) is 8.78 Å². The molecule has 1 heterocycles. The lowest BCUT2D eigenvalue weighted by Crippen LogP contribution is -2.42. The molecule has 0 bridgehead atoms. The van der Waals surface area contributed by atoms with Gasteiger partial charge in [-0.15, -0.1) is 11.8 Å². The smallest absolute Gasteiger partial charge is 0.410 e. The average molecular weight is 659 g/mol. The van der Waals surface area contributed by atoms with Crippen LogP contribution in [0.5, 0.6) is 0 Å². The number of halogens is 5. The van der Waals surface area contributed by atoms with E-state index in [1.165, 1.54) is 6.07 Å². The second kappa shape index (κ2) is 10.4. The minimum absolute atomic E-state index is 0.118. The van der Waals surface area contributed by atoms with Gasteiger partial charge in [0.2, 0.25) is 0 Å². The largest absolute Gasteiger partial charge is 0.444 e. The fourth-order valence-corrected chi connectivity index (χ4v) is 5.93. The molecule has 0 aromatic heterocycles. The molecule has 0 aliphatic carbocycles. The molecule has 2 aromatic carbocycles. The summed E-state index contributed by atoms with van der Waals surface area (Å²) in [4.78, 5) is 15.0. The molecular weight excluding hydrogens is 635 g/mol. The van der Waals surface area contributed by atoms with E-state index in [0.717, 1.165) is 40.3 Å². The molecule has 1 aliphatic heterocycles. The third-order valence-electron chi connectivity index (χ3n) is 4.90. The van der Waals surface area contributed by atoms with Crippen molar-refractivity contribution in [3.05, 3.63) is 51.5 Å². The monoisotopic (exact) mass is 657 g/mol. The highest BCUT2D eigenvalue weighted by atomic mass is 127. The first-order valence-corrected chi connectivity index (χ1v) is 13.3. The summed E-state index contributed by atoms with van der Waals surface area (Å²) in [5, 5.41) is 0.658. The van der Waals surface area contributed by atoms with Crippen molar-refractivity contribution in [2.45, 2.75) is 53.3 Å². The molecular formula is C23H24BrClF2INO2S. The molecule has 2 aromatic rings. The van der Waals surface area contributed by atoms with Gasteiger partial charge < -0.3 is 9.64 Å². The van der Waals surface area contributed by atoms with Crippen molar-refractivity contribution in [1.82, 2.24) is 4.90 Å². The van der Waals surface area contributed by atoms with Crippen LogP contribution in [0.15, 0.2) is 45.8 Å². The number of nitrogens with zero attached hydrogens (tertiary/aromatic N) is 1. The minimum Gasteiger partial charge on any atom is -0.444 e. The molecule has 1 saturated heterocycles. The van der Waals surface area contributed by atoms with Crippen molar-refractivity contribution >= 4 is 68.0 Å². The molecule has 0 unspecified atom stereocenters. The first-order chi connectivity index (χ1) is 14.8. The molecule has 3 rings (SSSR count). The minimum atomic E-state index is -3.05. The number of carbonyl (C=O) groups is 1. The van der Waals surface area contributed by atoms with Crippen molar-refractivity contribution in [2.24, 2.45) is 0 Å². The molecule has 1 fully saturated rings. The second-order valence-corrected chi connectivity index (χ2v) is 12.7. The van der Waals surface area contributed by atoms with Crippen LogP contribution in [0.1, 0.15) is 39.2 Å². The van der Waals surface area contributed by atoms with Crippen molar-refractivity contribution in [1.29, 1.82) is 0 Å². The zero-order valence-electron chi connectivity index (χ0n) is 17.9. The SMILES string of the molecule is CC(C)(C)OC(=O)N1CCC(Sc2ccc(-c3c(Cl)cc(Br)cc3C(F)(F)I)cc2)CC1. The van der Waals surface area contributed by atoms with E-state index < -0.39 is 9.53 Å². The number of benzene rings is 2. The molecule has 0 N–H and O–H groups in total. The first-order valence-electron chi connectivity index (χ1n) is 10.1. The molecule has 0 radical (unpaired) electrons. The summed E-state index contributed by atoms with van der Waals surface area (Å²) in [5.41, 5.74) is 0.380. The lowest BCUT2D eigenvalue weighted by molar-refractivity contribution is 0.0219. The molecule has 32 heavy (non-hydrogen) atoms. The van der Waals surface area contributed by atoms with E-state index in [-0.39, 0.29) is 16.7 Å². The van der Waals surface area contributed by atoms with Gasteiger partial charge >= 0.3 is 10.0 Å². The van der Waals surface area contributed by atoms with Gasteiger partial charge in [-0.25, -0.2) is 4.79 Å². The number of piperidine rings is 1. The highest BCUT2D eigenvalue weighted by molar-refractivity contribution is 14.1. The highest BCUT2D eigenvalue weighted by Gasteiger charge is 2.32. The standard InChI is InChI=1S/C23H24BrClF2INO2S/c1-22(2,3)31-21(30)29-10-8-17(9-11-29)32-16-6-4-14(5-7-16)20-18(23(26,27)28)12-15(24)13-19(20)25/h4-7,12-13,17H,8-11H2,1-3H3. The van der Waals surface area contributed by atoms with Crippen LogP contribution >= 0.6 is 61.9 Å². The van der Waals surface area contributed by atoms with Gasteiger partial charge in [-0.1, -0.05) is 39.7 Å². The lowest BCUT2D eigenvalue weighted by atomic mass is 10.00. The maximum atomic E-state index is 14.2. The molecule has 0 atom stereocenters. The summed E-state index contributed by atoms with van der Waals surface area (Å²) in [6.45, 7) is 6.91. The Bertz CT molecular complexity index is 972. The number of carbonyl (C=O) groups excluding carboxylic acids is 1. The van der Waals surface area contributed by atoms with Crippen LogP contribution in [-0.2, 0) is 8.67 Å². The number of alkyl halides is 3. The molecule has 0 saturated carbocycles. The van der Waals surface area contributed by atoms with Crippen LogP contribution in [0.3, 0.4) is 0 Å². The zero-order chi connectivity index (χ0) is 23.7. The Hall–Kier alpha value is -0.580. The fraction of sp³-hybridized carbons (Fsp3) is 0.435. The molecule has 174 valence electrons. The van der Waals surface area contributed by atoms with Gasteiger partial charge in [0.1, 0.15) is 5.60 Å². The van der Waals surface area contributed by atoms with Crippen LogP contribution < -0.4 is 0 Å². The lowest BCUT2D eigenvalue weighted by Gasteiger charge is -2.33. The van der Waals surface area contributed by atoms with Crippen LogP contribution in [0.4, 0.5) is 13.6 Å². The third kappa shape index (κ3) is 6.96. The zero-order valence-corrected chi connectivity index (χ0v) is 23.2. The normalized spacial score (nSPS) is 15.7. The van der Waals surface area contributed by atoms with Crippen molar-refractivity contribution in [3.8, 4) is 11.1 Å². The van der Waals surface area contributed by atoms with Gasteiger partial charge in [0.15, 0.2) is 0 Å². The number of likely N-dealkylation sites (tertiary alicyclic amines) is 1. The Morgan fingerprint density at radius 1 is 1.19 bits per heavy atom. The Morgan fingerprint density at radius 3 is 2.31 bits per heavy atom. The molecule has 0 spiro atoms. The Kier molecular flexibility index (Phi) is 8.43. The van der Waals surface area contributed by atoms with E-state index in [1.54, 1.807) is 22.7 Å². The van der Waals surface area contributed by atoms with E-state index in [4.69, 9.17) is 16.3 Å². The van der Waals surface area contributed by atoms with Gasteiger partial charge in [-0.05, 0) is 63.4 Å². The number of hydrogen-bond acceptors (Lipinski definition) is 3. The van der Waals surface area contributed by atoms with Crippen molar-refractivity contribution < 1.29 is 18.3 Å². The summed E-state index contributed by atoms with van der Waals surface area (Å²) in [6, 6.07) is 10.6. The van der Waals surface area contributed by atoms with E-state index in [9.17, 15) is 13.6 Å². The van der Waals surface area contributed by atoms with Crippen molar-refractivity contribution in [2.75, 3.05) is 13.1 Å². The van der Waals surface area contributed by atoms with E-state index in [1.807, 2.05) is 45.0 Å². The van der Waals surface area contributed by atoms with E-state index >= 15 is 0 Å². The highest BCUT2D eigenvalue weighted by Crippen LogP contribution is 2.45. The predicted octanol–water partition coefficient (Wildman–Crippen LogP) is 8.75. The molecule has 1 aliphatic rings. The van der Waals surface area contributed by atoms with Crippen LogP contribution in [0, 0.1) is 0 Å². The van der Waals surface area contributed by atoms with Gasteiger partial charge in [-0.3, -0.25) is 0 Å². The summed E-state index contributed by atoms with van der Waals surface area (Å²) in [7, 11) is 0. The van der Waals surface area contributed by atoms with Gasteiger partial charge in [0.05, 0.1) is 5.02 Å². The maximum Gasteiger partial charge on any atom is 0.410 e. The number of thioether (sulfide) groups is 1. The van der Waals surface area contributed by atoms with Gasteiger partial charge in [0.25, 0.3) is 0 Å². The summed E-state index contributed by atoms with van der Waals surface area (Å²) < 4.78 is 31.3. The van der Waals surface area contributed by atoms with E-state index in [2.05, 4.69) is 15.9 Å². The predicted molar refractivity (Wildman–Crippen MR) is 139 cm³/mol. The molecule has 3 nitrogen and oxygen atoms in total. The first kappa shape index (κ1) is 26.0. The van der Waals surface area contributed by atoms with Crippen LogP contribution in [-0.4, -0.2) is 34.9 Å². The quantitative estimate of drug-likeness (QED) is 0.243. The molecule has 1 amide bonds.